The average Bonchev–Trinajstić information content (AvgIpc) is 3.24. The summed E-state index contributed by atoms with van der Waals surface area (Å²) in [5, 5.41) is 12.5. The summed E-state index contributed by atoms with van der Waals surface area (Å²) in [6.07, 6.45) is -0.825. The van der Waals surface area contributed by atoms with Crippen LogP contribution in [-0.2, 0) is 24.3 Å². The van der Waals surface area contributed by atoms with Gasteiger partial charge in [-0.05, 0) is 42.3 Å². The van der Waals surface area contributed by atoms with Crippen molar-refractivity contribution in [2.45, 2.75) is 37.8 Å². The maximum absolute atomic E-state index is 14.8. The number of aryl methyl sites for hydroxylation is 1. The van der Waals surface area contributed by atoms with Gasteiger partial charge in [-0.3, -0.25) is 14.9 Å². The molecule has 4 aromatic carbocycles. The van der Waals surface area contributed by atoms with E-state index in [1.807, 2.05) is 20.8 Å². The number of hydrogen-bond acceptors (Lipinski definition) is 10. The number of hydroxylamine groups is 1. The van der Waals surface area contributed by atoms with E-state index in [0.717, 1.165) is 36.6 Å². The van der Waals surface area contributed by atoms with E-state index in [-0.39, 0.29) is 25.5 Å². The van der Waals surface area contributed by atoms with Gasteiger partial charge in [-0.1, -0.05) is 92.2 Å². The van der Waals surface area contributed by atoms with Gasteiger partial charge >= 0.3 is 6.09 Å². The molecule has 2 saturated heterocycles. The molecule has 2 amide bonds. The van der Waals surface area contributed by atoms with Gasteiger partial charge < -0.3 is 24.4 Å². The average molecular weight is 812 g/mol. The third kappa shape index (κ3) is 12.0. The zero-order valence-electron chi connectivity index (χ0n) is 32.6. The molecule has 4 aromatic rings. The Morgan fingerprint density at radius 2 is 1.42 bits per heavy atom. The second-order valence-electron chi connectivity index (χ2n) is 12.8. The number of rotatable bonds is 11. The lowest BCUT2D eigenvalue weighted by atomic mass is 9.96. The Morgan fingerprint density at radius 1 is 0.860 bits per heavy atom. The highest BCUT2D eigenvalue weighted by Gasteiger charge is 2.42. The minimum atomic E-state index is -4.65. The number of amides is 2. The Labute approximate surface area is 333 Å². The van der Waals surface area contributed by atoms with Crippen LogP contribution in [-0.4, -0.2) is 112 Å². The molecule has 1 atom stereocenters. The van der Waals surface area contributed by atoms with Gasteiger partial charge in [0, 0.05) is 52.9 Å². The van der Waals surface area contributed by atoms with Gasteiger partial charge in [0.1, 0.15) is 18.4 Å². The van der Waals surface area contributed by atoms with Crippen molar-refractivity contribution in [1.29, 1.82) is 0 Å². The van der Waals surface area contributed by atoms with Gasteiger partial charge in [0.25, 0.3) is 5.91 Å². The normalized spacial score (nSPS) is 16.1. The molecule has 2 aliphatic rings. The molecular formula is C41H51F2N5O8S. The summed E-state index contributed by atoms with van der Waals surface area (Å²) < 4.78 is 71.7. The molecule has 13 nitrogen and oxygen atoms in total. The van der Waals surface area contributed by atoms with Crippen LogP contribution in [0.2, 0.25) is 0 Å². The van der Waals surface area contributed by atoms with Crippen LogP contribution in [0.4, 0.5) is 13.6 Å². The summed E-state index contributed by atoms with van der Waals surface area (Å²) in [4.78, 5) is 27.4. The van der Waals surface area contributed by atoms with Crippen molar-refractivity contribution in [2.24, 2.45) is 0 Å². The quantitative estimate of drug-likeness (QED) is 0.0974. The van der Waals surface area contributed by atoms with Crippen LogP contribution in [0.3, 0.4) is 0 Å². The molecule has 0 saturated carbocycles. The summed E-state index contributed by atoms with van der Waals surface area (Å²) >= 11 is 0. The third-order valence-corrected chi connectivity index (χ3v) is 11.0. The fraction of sp³-hybridized carbons (Fsp3) is 0.366. The SMILES string of the molecule is CC.COCCOC(=O)N1CCN(S(=O)(=O)c2cc(F)c(Oc3ccc(C)cc3)c(F)c2)[C@@H](C(=O)NO)C1.c1ccc(C(c2ccccc2)N2CCNCC2)cc1. The maximum Gasteiger partial charge on any atom is 0.409 e. The number of hydrogen-bond donors (Lipinski definition) is 3. The fourth-order valence-corrected chi connectivity index (χ4v) is 7.87. The second-order valence-corrected chi connectivity index (χ2v) is 14.7. The number of nitrogens with one attached hydrogen (secondary N) is 2. The van der Waals surface area contributed by atoms with Crippen molar-refractivity contribution in [1.82, 2.24) is 24.9 Å². The van der Waals surface area contributed by atoms with Gasteiger partial charge in [-0.25, -0.2) is 27.5 Å². The number of methoxy groups -OCH3 is 1. The van der Waals surface area contributed by atoms with E-state index in [1.165, 1.54) is 35.8 Å². The van der Waals surface area contributed by atoms with E-state index >= 15 is 0 Å². The summed E-state index contributed by atoms with van der Waals surface area (Å²) in [6.45, 7) is 9.18. The van der Waals surface area contributed by atoms with E-state index in [4.69, 9.17) is 19.4 Å². The van der Waals surface area contributed by atoms with Crippen LogP contribution in [0.15, 0.2) is 102 Å². The first kappa shape index (κ1) is 44.7. The predicted octanol–water partition coefficient (Wildman–Crippen LogP) is 5.74. The molecule has 16 heteroatoms. The molecule has 2 heterocycles. The number of carbonyl (C=O) groups is 2. The van der Waals surface area contributed by atoms with E-state index < -0.39 is 63.4 Å². The lowest BCUT2D eigenvalue weighted by molar-refractivity contribution is -0.134. The molecule has 57 heavy (non-hydrogen) atoms. The van der Waals surface area contributed by atoms with Gasteiger partial charge in [-0.2, -0.15) is 4.31 Å². The third-order valence-electron chi connectivity index (χ3n) is 9.08. The highest BCUT2D eigenvalue weighted by atomic mass is 32.2. The highest BCUT2D eigenvalue weighted by molar-refractivity contribution is 7.89. The van der Waals surface area contributed by atoms with Crippen molar-refractivity contribution in [2.75, 3.05) is 66.1 Å². The van der Waals surface area contributed by atoms with Crippen molar-refractivity contribution >= 4 is 22.0 Å². The van der Waals surface area contributed by atoms with E-state index in [9.17, 15) is 26.8 Å². The number of sulfonamides is 1. The molecule has 3 N–H and O–H groups in total. The van der Waals surface area contributed by atoms with Crippen LogP contribution in [0.5, 0.6) is 11.5 Å². The topological polar surface area (TPSA) is 150 Å². The summed E-state index contributed by atoms with van der Waals surface area (Å²) in [5.74, 6) is -4.36. The van der Waals surface area contributed by atoms with Crippen LogP contribution in [0.1, 0.15) is 36.6 Å². The van der Waals surface area contributed by atoms with E-state index in [0.29, 0.717) is 22.5 Å². The van der Waals surface area contributed by atoms with E-state index in [2.05, 4.69) is 70.9 Å². The van der Waals surface area contributed by atoms with Gasteiger partial charge in [0.15, 0.2) is 17.4 Å². The molecule has 2 aliphatic heterocycles. The number of piperazine rings is 2. The molecule has 0 bridgehead atoms. The molecular weight excluding hydrogens is 761 g/mol. The molecule has 6 rings (SSSR count). The summed E-state index contributed by atoms with van der Waals surface area (Å²) in [6, 6.07) is 27.9. The summed E-state index contributed by atoms with van der Waals surface area (Å²) in [7, 11) is -3.24. The molecule has 0 spiro atoms. The second kappa shape index (κ2) is 22.1. The molecule has 0 unspecified atom stereocenters. The predicted molar refractivity (Wildman–Crippen MR) is 211 cm³/mol. The fourth-order valence-electron chi connectivity index (χ4n) is 6.28. The number of halogens is 2. The lowest BCUT2D eigenvalue weighted by Crippen LogP contribution is -2.61. The first-order valence-corrected chi connectivity index (χ1v) is 20.1. The van der Waals surface area contributed by atoms with Gasteiger partial charge in [0.05, 0.1) is 17.5 Å². The van der Waals surface area contributed by atoms with Crippen molar-refractivity contribution in [3.63, 3.8) is 0 Å². The van der Waals surface area contributed by atoms with Crippen molar-refractivity contribution in [3.05, 3.63) is 125 Å². The Kier molecular flexibility index (Phi) is 17.3. The molecule has 0 aromatic heterocycles. The Balaban J connectivity index is 0.000000286. The van der Waals surface area contributed by atoms with Gasteiger partial charge in [-0.15, -0.1) is 0 Å². The zero-order valence-corrected chi connectivity index (χ0v) is 33.4. The molecule has 2 fully saturated rings. The van der Waals surface area contributed by atoms with Crippen LogP contribution >= 0.6 is 0 Å². The largest absolute Gasteiger partial charge is 0.451 e. The number of benzene rings is 4. The van der Waals surface area contributed by atoms with Crippen LogP contribution < -0.4 is 15.5 Å². The smallest absolute Gasteiger partial charge is 0.409 e. The van der Waals surface area contributed by atoms with Crippen molar-refractivity contribution in [3.8, 4) is 11.5 Å². The monoisotopic (exact) mass is 811 g/mol. The Hall–Kier alpha value is -4.97. The Bertz CT molecular complexity index is 1910. The first-order chi connectivity index (χ1) is 27.5. The molecule has 0 aliphatic carbocycles. The zero-order chi connectivity index (χ0) is 41.4. The van der Waals surface area contributed by atoms with Gasteiger partial charge in [0.2, 0.25) is 10.0 Å². The van der Waals surface area contributed by atoms with E-state index in [1.54, 1.807) is 12.1 Å². The standard InChI is InChI=1S/C22H25F2N3O8S.C17H20N2.C2H6/c1-14-3-5-15(6-4-14)35-20-17(23)11-16(12-18(20)24)36(31,32)27-8-7-26(13-19(27)21(28)25-30)22(29)34-10-9-33-2;1-3-7-15(8-4-1)17(16-9-5-2-6-10-16)19-13-11-18-12-14-19;1-2/h3-6,11-12,19,30H,7-10,13H2,1-2H3,(H,25,28);1-10,17-18H,11-14H2;1-2H3/t19-;;/m1../s1. The van der Waals surface area contributed by atoms with Crippen molar-refractivity contribution < 1.29 is 46.2 Å². The first-order valence-electron chi connectivity index (χ1n) is 18.7. The number of ether oxygens (including phenoxy) is 3. The highest BCUT2D eigenvalue weighted by Crippen LogP contribution is 2.32. The summed E-state index contributed by atoms with van der Waals surface area (Å²) in [5.41, 5.74) is 5.02. The molecule has 0 radical (unpaired) electrons. The number of nitrogens with zero attached hydrogens (tertiary/aromatic N) is 3. The van der Waals surface area contributed by atoms with Crippen LogP contribution in [0, 0.1) is 18.6 Å². The molecule has 308 valence electrons. The minimum Gasteiger partial charge on any atom is -0.451 e. The number of carbonyl (C=O) groups excluding carboxylic acids is 2. The lowest BCUT2D eigenvalue weighted by Gasteiger charge is -2.38. The van der Waals surface area contributed by atoms with Crippen LogP contribution in [0.25, 0.3) is 0 Å². The Morgan fingerprint density at radius 3 is 1.95 bits per heavy atom. The maximum atomic E-state index is 14.8. The minimum absolute atomic E-state index is 0.0692.